The molecule has 0 aromatic heterocycles. The van der Waals surface area contributed by atoms with Gasteiger partial charge in [0.15, 0.2) is 0 Å². The fraction of sp³-hybridized carbons (Fsp3) is 0.458. The van der Waals surface area contributed by atoms with Gasteiger partial charge in [-0.1, -0.05) is 70.0 Å². The third-order valence-electron chi connectivity index (χ3n) is 4.89. The van der Waals surface area contributed by atoms with Gasteiger partial charge in [0.05, 0.1) is 12.5 Å². The first kappa shape index (κ1) is 21.0. The summed E-state index contributed by atoms with van der Waals surface area (Å²) in [7, 11) is 0. The lowest BCUT2D eigenvalue weighted by Crippen LogP contribution is -2.16. The van der Waals surface area contributed by atoms with Crippen LogP contribution in [0.25, 0.3) is 11.1 Å². The van der Waals surface area contributed by atoms with Crippen molar-refractivity contribution >= 4 is 5.97 Å². The smallest absolute Gasteiger partial charge is 0.309 e. The molecular weight excluding hydrogens is 336 g/mol. The second kappa shape index (κ2) is 10.8. The highest BCUT2D eigenvalue weighted by molar-refractivity contribution is 5.72. The van der Waals surface area contributed by atoms with Gasteiger partial charge in [-0.2, -0.15) is 0 Å². The van der Waals surface area contributed by atoms with E-state index in [0.717, 1.165) is 41.9 Å². The molecule has 0 N–H and O–H groups in total. The number of hydrogen-bond donors (Lipinski definition) is 0. The van der Waals surface area contributed by atoms with E-state index in [1.807, 2.05) is 45.0 Å². The molecule has 0 aliphatic rings. The molecule has 2 atom stereocenters. The maximum Gasteiger partial charge on any atom is 0.309 e. The van der Waals surface area contributed by atoms with E-state index in [2.05, 4.69) is 31.2 Å². The standard InChI is InChI=1S/C24H32O3/c1-5-7-8-17-26-23-15-13-22(14-16-23)21-11-9-20(10-12-21)19(4)27-24(25)18(3)6-2/h9-16,18-19H,5-8,17H2,1-4H3. The number of unbranched alkanes of at least 4 members (excludes halogenated alkanes) is 2. The van der Waals surface area contributed by atoms with Crippen molar-refractivity contribution in [2.24, 2.45) is 5.92 Å². The maximum absolute atomic E-state index is 12.0. The van der Waals surface area contributed by atoms with Gasteiger partial charge in [-0.05, 0) is 48.6 Å². The fourth-order valence-corrected chi connectivity index (χ4v) is 2.76. The quantitative estimate of drug-likeness (QED) is 0.351. The van der Waals surface area contributed by atoms with Crippen molar-refractivity contribution in [2.75, 3.05) is 6.61 Å². The maximum atomic E-state index is 12.0. The minimum Gasteiger partial charge on any atom is -0.494 e. The van der Waals surface area contributed by atoms with Gasteiger partial charge in [-0.25, -0.2) is 0 Å². The second-order valence-electron chi connectivity index (χ2n) is 7.09. The van der Waals surface area contributed by atoms with Crippen molar-refractivity contribution in [3.63, 3.8) is 0 Å². The van der Waals surface area contributed by atoms with Crippen LogP contribution in [0.4, 0.5) is 0 Å². The Labute approximate surface area is 163 Å². The van der Waals surface area contributed by atoms with E-state index in [4.69, 9.17) is 9.47 Å². The Hall–Kier alpha value is -2.29. The SMILES string of the molecule is CCCCCOc1ccc(-c2ccc(C(C)OC(=O)C(C)CC)cc2)cc1. The molecule has 0 spiro atoms. The van der Waals surface area contributed by atoms with E-state index in [1.165, 1.54) is 12.8 Å². The largest absolute Gasteiger partial charge is 0.494 e. The molecule has 0 aliphatic heterocycles. The number of carbonyl (C=O) groups excluding carboxylic acids is 1. The Bertz CT molecular complexity index is 689. The lowest BCUT2D eigenvalue weighted by Gasteiger charge is -2.16. The predicted molar refractivity (Wildman–Crippen MR) is 111 cm³/mol. The molecule has 2 unspecified atom stereocenters. The van der Waals surface area contributed by atoms with Gasteiger partial charge in [0, 0.05) is 0 Å². The van der Waals surface area contributed by atoms with Gasteiger partial charge in [0.1, 0.15) is 11.9 Å². The van der Waals surface area contributed by atoms with Gasteiger partial charge >= 0.3 is 5.97 Å². The van der Waals surface area contributed by atoms with E-state index < -0.39 is 0 Å². The number of esters is 1. The first-order valence-electron chi connectivity index (χ1n) is 10.1. The lowest BCUT2D eigenvalue weighted by molar-refractivity contribution is -0.153. The highest BCUT2D eigenvalue weighted by Crippen LogP contribution is 2.26. The van der Waals surface area contributed by atoms with Crippen LogP contribution in [0, 0.1) is 5.92 Å². The molecule has 2 aromatic carbocycles. The van der Waals surface area contributed by atoms with E-state index in [9.17, 15) is 4.79 Å². The van der Waals surface area contributed by atoms with Gasteiger partial charge in [-0.15, -0.1) is 0 Å². The summed E-state index contributed by atoms with van der Waals surface area (Å²) in [6.45, 7) is 8.77. The second-order valence-corrected chi connectivity index (χ2v) is 7.09. The summed E-state index contributed by atoms with van der Waals surface area (Å²) >= 11 is 0. The molecule has 3 nitrogen and oxygen atoms in total. The molecule has 2 rings (SSSR count). The van der Waals surface area contributed by atoms with E-state index in [-0.39, 0.29) is 18.0 Å². The molecule has 146 valence electrons. The summed E-state index contributed by atoms with van der Waals surface area (Å²) in [5, 5.41) is 0. The number of ether oxygens (including phenoxy) is 2. The van der Waals surface area contributed by atoms with Crippen LogP contribution in [0.15, 0.2) is 48.5 Å². The zero-order valence-electron chi connectivity index (χ0n) is 17.0. The number of hydrogen-bond acceptors (Lipinski definition) is 3. The zero-order chi connectivity index (χ0) is 19.6. The Kier molecular flexibility index (Phi) is 8.38. The Morgan fingerprint density at radius 2 is 1.48 bits per heavy atom. The van der Waals surface area contributed by atoms with Crippen LogP contribution in [0.5, 0.6) is 5.75 Å². The first-order valence-corrected chi connectivity index (χ1v) is 10.1. The van der Waals surface area contributed by atoms with Crippen molar-refractivity contribution < 1.29 is 14.3 Å². The molecule has 0 bridgehead atoms. The average molecular weight is 369 g/mol. The monoisotopic (exact) mass is 368 g/mol. The Morgan fingerprint density at radius 1 is 0.889 bits per heavy atom. The molecule has 3 heteroatoms. The van der Waals surface area contributed by atoms with Gasteiger partial charge in [-0.3, -0.25) is 4.79 Å². The van der Waals surface area contributed by atoms with Crippen LogP contribution in [0.1, 0.15) is 65.0 Å². The van der Waals surface area contributed by atoms with Gasteiger partial charge in [0.2, 0.25) is 0 Å². The fourth-order valence-electron chi connectivity index (χ4n) is 2.76. The van der Waals surface area contributed by atoms with Gasteiger partial charge in [0.25, 0.3) is 0 Å². The van der Waals surface area contributed by atoms with Crippen molar-refractivity contribution in [3.05, 3.63) is 54.1 Å². The molecule has 0 amide bonds. The molecule has 0 heterocycles. The van der Waals surface area contributed by atoms with Gasteiger partial charge < -0.3 is 9.47 Å². The normalized spacial score (nSPS) is 13.0. The molecule has 2 aromatic rings. The number of rotatable bonds is 10. The summed E-state index contributed by atoms with van der Waals surface area (Å²) < 4.78 is 11.3. The van der Waals surface area contributed by atoms with Crippen LogP contribution >= 0.6 is 0 Å². The number of carbonyl (C=O) groups is 1. The molecule has 0 fully saturated rings. The van der Waals surface area contributed by atoms with E-state index in [0.29, 0.717) is 0 Å². The minimum atomic E-state index is -0.237. The number of benzene rings is 2. The molecule has 27 heavy (non-hydrogen) atoms. The summed E-state index contributed by atoms with van der Waals surface area (Å²) in [4.78, 5) is 12.0. The van der Waals surface area contributed by atoms with Crippen molar-refractivity contribution in [1.82, 2.24) is 0 Å². The predicted octanol–water partition coefficient (Wildman–Crippen LogP) is 6.57. The Balaban J connectivity index is 1.95. The highest BCUT2D eigenvalue weighted by Gasteiger charge is 2.16. The van der Waals surface area contributed by atoms with Crippen LogP contribution in [0.2, 0.25) is 0 Å². The third-order valence-corrected chi connectivity index (χ3v) is 4.89. The van der Waals surface area contributed by atoms with Crippen molar-refractivity contribution in [1.29, 1.82) is 0 Å². The van der Waals surface area contributed by atoms with E-state index >= 15 is 0 Å². The van der Waals surface area contributed by atoms with Crippen LogP contribution in [0.3, 0.4) is 0 Å². The molecule has 0 radical (unpaired) electrons. The summed E-state index contributed by atoms with van der Waals surface area (Å²) in [5.74, 6) is 0.718. The van der Waals surface area contributed by atoms with E-state index in [1.54, 1.807) is 0 Å². The van der Waals surface area contributed by atoms with Crippen LogP contribution in [-0.2, 0) is 9.53 Å². The summed E-state index contributed by atoms with van der Waals surface area (Å²) in [6.07, 6.45) is 4.06. The summed E-state index contributed by atoms with van der Waals surface area (Å²) in [5.41, 5.74) is 3.29. The topological polar surface area (TPSA) is 35.5 Å². The van der Waals surface area contributed by atoms with Crippen molar-refractivity contribution in [2.45, 2.75) is 59.5 Å². The van der Waals surface area contributed by atoms with Crippen LogP contribution < -0.4 is 4.74 Å². The first-order chi connectivity index (χ1) is 13.0. The lowest BCUT2D eigenvalue weighted by atomic mass is 10.0. The average Bonchev–Trinajstić information content (AvgIpc) is 2.71. The molecule has 0 saturated heterocycles. The molecular formula is C24H32O3. The third kappa shape index (κ3) is 6.42. The van der Waals surface area contributed by atoms with Crippen LogP contribution in [-0.4, -0.2) is 12.6 Å². The highest BCUT2D eigenvalue weighted by atomic mass is 16.5. The van der Waals surface area contributed by atoms with Crippen molar-refractivity contribution in [3.8, 4) is 16.9 Å². The minimum absolute atomic E-state index is 0.0607. The molecule has 0 aliphatic carbocycles. The Morgan fingerprint density at radius 3 is 2.04 bits per heavy atom. The molecule has 0 saturated carbocycles. The summed E-state index contributed by atoms with van der Waals surface area (Å²) in [6, 6.07) is 16.4. The zero-order valence-corrected chi connectivity index (χ0v) is 17.0.